The second-order valence-corrected chi connectivity index (χ2v) is 3.44. The average Bonchev–Trinajstić information content (AvgIpc) is 2.85. The molecule has 90 valence electrons. The van der Waals surface area contributed by atoms with Gasteiger partial charge in [0.05, 0.1) is 6.54 Å². The van der Waals surface area contributed by atoms with Crippen LogP contribution in [-0.2, 0) is 6.54 Å². The number of nitrogens with one attached hydrogen (secondary N) is 1. The molecule has 6 heteroatoms. The fraction of sp³-hybridized carbons (Fsp3) is 0.0833. The van der Waals surface area contributed by atoms with Gasteiger partial charge in [-0.25, -0.2) is 9.78 Å². The molecule has 0 aliphatic carbocycles. The summed E-state index contributed by atoms with van der Waals surface area (Å²) in [4.78, 5) is 14.6. The van der Waals surface area contributed by atoms with Crippen molar-refractivity contribution in [3.05, 3.63) is 47.5 Å². The number of pyridine rings is 1. The zero-order chi connectivity index (χ0) is 13.0. The van der Waals surface area contributed by atoms with E-state index < -0.39 is 5.97 Å². The van der Waals surface area contributed by atoms with Crippen LogP contribution in [0.25, 0.3) is 0 Å². The van der Waals surface area contributed by atoms with Crippen LogP contribution in [0.3, 0.4) is 0 Å². The highest BCUT2D eigenvalue weighted by molar-refractivity contribution is 5.84. The predicted molar refractivity (Wildman–Crippen MR) is 61.9 cm³/mol. The first-order valence-corrected chi connectivity index (χ1v) is 5.12. The zero-order valence-electron chi connectivity index (χ0n) is 9.25. The van der Waals surface area contributed by atoms with Gasteiger partial charge in [-0.3, -0.25) is 0 Å². The molecule has 2 aromatic heterocycles. The summed E-state index contributed by atoms with van der Waals surface area (Å²) in [6, 6.07) is 9.91. The van der Waals surface area contributed by atoms with Crippen molar-refractivity contribution < 1.29 is 14.3 Å². The van der Waals surface area contributed by atoms with E-state index in [0.29, 0.717) is 23.8 Å². The lowest BCUT2D eigenvalue weighted by Gasteiger charge is -2.02. The van der Waals surface area contributed by atoms with Crippen LogP contribution in [0.4, 0.5) is 5.82 Å². The van der Waals surface area contributed by atoms with Crippen LogP contribution in [0.2, 0.25) is 0 Å². The van der Waals surface area contributed by atoms with Gasteiger partial charge in [-0.2, -0.15) is 5.26 Å². The molecule has 0 aliphatic rings. The second kappa shape index (κ2) is 5.01. The van der Waals surface area contributed by atoms with Gasteiger partial charge in [-0.05, 0) is 24.3 Å². The quantitative estimate of drug-likeness (QED) is 0.850. The van der Waals surface area contributed by atoms with E-state index in [2.05, 4.69) is 10.3 Å². The van der Waals surface area contributed by atoms with Crippen LogP contribution in [-0.4, -0.2) is 16.1 Å². The van der Waals surface area contributed by atoms with E-state index in [9.17, 15) is 4.79 Å². The van der Waals surface area contributed by atoms with Crippen LogP contribution in [0.15, 0.2) is 34.7 Å². The summed E-state index contributed by atoms with van der Waals surface area (Å²) in [5.74, 6) is -0.199. The van der Waals surface area contributed by atoms with Gasteiger partial charge >= 0.3 is 5.97 Å². The van der Waals surface area contributed by atoms with Crippen LogP contribution in [0.1, 0.15) is 22.0 Å². The van der Waals surface area contributed by atoms with Crippen molar-refractivity contribution in [2.24, 2.45) is 0 Å². The molecular weight excluding hydrogens is 234 g/mol. The minimum atomic E-state index is -1.11. The molecule has 6 nitrogen and oxygen atoms in total. The molecule has 0 aliphatic heterocycles. The van der Waals surface area contributed by atoms with E-state index in [-0.39, 0.29) is 5.76 Å². The molecule has 0 saturated heterocycles. The maximum absolute atomic E-state index is 10.6. The molecule has 0 spiro atoms. The Hall–Kier alpha value is -2.81. The largest absolute Gasteiger partial charge is 0.475 e. The van der Waals surface area contributed by atoms with Gasteiger partial charge in [0, 0.05) is 0 Å². The number of aromatic nitrogens is 1. The van der Waals surface area contributed by atoms with Gasteiger partial charge < -0.3 is 14.8 Å². The third-order valence-electron chi connectivity index (χ3n) is 2.18. The Bertz CT molecular complexity index is 613. The van der Waals surface area contributed by atoms with Crippen molar-refractivity contribution in [3.8, 4) is 6.07 Å². The monoisotopic (exact) mass is 243 g/mol. The lowest BCUT2D eigenvalue weighted by molar-refractivity contribution is 0.0660. The molecule has 0 amide bonds. The SMILES string of the molecule is N#Cc1cccc(NCc2ccc(C(=O)O)o2)n1. The number of carboxylic acid groups (broad SMARTS) is 1. The summed E-state index contributed by atoms with van der Waals surface area (Å²) < 4.78 is 5.07. The van der Waals surface area contributed by atoms with Crippen molar-refractivity contribution >= 4 is 11.8 Å². The molecule has 0 bridgehead atoms. The molecule has 2 heterocycles. The number of hydrogen-bond donors (Lipinski definition) is 2. The summed E-state index contributed by atoms with van der Waals surface area (Å²) in [7, 11) is 0. The Morgan fingerprint density at radius 3 is 2.94 bits per heavy atom. The maximum atomic E-state index is 10.6. The molecule has 0 fully saturated rings. The Kier molecular flexibility index (Phi) is 3.25. The maximum Gasteiger partial charge on any atom is 0.371 e. The topological polar surface area (TPSA) is 99.2 Å². The fourth-order valence-electron chi connectivity index (χ4n) is 1.36. The summed E-state index contributed by atoms with van der Waals surface area (Å²) in [5, 5.41) is 20.3. The van der Waals surface area contributed by atoms with Crippen LogP contribution >= 0.6 is 0 Å². The second-order valence-electron chi connectivity index (χ2n) is 3.44. The Morgan fingerprint density at radius 2 is 2.28 bits per heavy atom. The average molecular weight is 243 g/mol. The molecule has 0 atom stereocenters. The summed E-state index contributed by atoms with van der Waals surface area (Å²) in [6.45, 7) is 0.301. The lowest BCUT2D eigenvalue weighted by atomic mass is 10.3. The van der Waals surface area contributed by atoms with Crippen LogP contribution in [0.5, 0.6) is 0 Å². The highest BCUT2D eigenvalue weighted by Gasteiger charge is 2.08. The van der Waals surface area contributed by atoms with Gasteiger partial charge in [0.1, 0.15) is 23.3 Å². The minimum Gasteiger partial charge on any atom is -0.475 e. The predicted octanol–water partition coefficient (Wildman–Crippen LogP) is 1.86. The van der Waals surface area contributed by atoms with Gasteiger partial charge in [-0.1, -0.05) is 6.07 Å². The van der Waals surface area contributed by atoms with Gasteiger partial charge in [0.15, 0.2) is 0 Å². The van der Waals surface area contributed by atoms with E-state index >= 15 is 0 Å². The number of hydrogen-bond acceptors (Lipinski definition) is 5. The number of nitrogens with zero attached hydrogens (tertiary/aromatic N) is 2. The van der Waals surface area contributed by atoms with E-state index in [0.717, 1.165) is 0 Å². The third-order valence-corrected chi connectivity index (χ3v) is 2.18. The van der Waals surface area contributed by atoms with Gasteiger partial charge in [0.25, 0.3) is 0 Å². The number of furan rings is 1. The van der Waals surface area contributed by atoms with Crippen molar-refractivity contribution in [3.63, 3.8) is 0 Å². The van der Waals surface area contributed by atoms with Crippen LogP contribution in [0, 0.1) is 11.3 Å². The number of rotatable bonds is 4. The van der Waals surface area contributed by atoms with Crippen molar-refractivity contribution in [1.82, 2.24) is 4.98 Å². The Morgan fingerprint density at radius 1 is 1.44 bits per heavy atom. The summed E-state index contributed by atoms with van der Waals surface area (Å²) in [5.41, 5.74) is 0.311. The highest BCUT2D eigenvalue weighted by Crippen LogP contribution is 2.10. The lowest BCUT2D eigenvalue weighted by Crippen LogP contribution is -2.01. The number of nitriles is 1. The van der Waals surface area contributed by atoms with E-state index in [1.54, 1.807) is 24.3 Å². The molecule has 18 heavy (non-hydrogen) atoms. The van der Waals surface area contributed by atoms with E-state index in [1.165, 1.54) is 6.07 Å². The molecule has 2 aromatic rings. The van der Waals surface area contributed by atoms with Crippen LogP contribution < -0.4 is 5.32 Å². The molecule has 0 aromatic carbocycles. The third kappa shape index (κ3) is 2.65. The number of carbonyl (C=O) groups is 1. The van der Waals surface area contributed by atoms with Gasteiger partial charge in [-0.15, -0.1) is 0 Å². The normalized spacial score (nSPS) is 9.72. The molecule has 0 saturated carbocycles. The summed E-state index contributed by atoms with van der Waals surface area (Å²) in [6.07, 6.45) is 0. The smallest absolute Gasteiger partial charge is 0.371 e. The first-order valence-electron chi connectivity index (χ1n) is 5.12. The van der Waals surface area contributed by atoms with Crippen molar-refractivity contribution in [2.75, 3.05) is 5.32 Å². The first-order chi connectivity index (χ1) is 8.69. The minimum absolute atomic E-state index is 0.106. The standard InChI is InChI=1S/C12H9N3O3/c13-6-8-2-1-3-11(15-8)14-7-9-4-5-10(18-9)12(16)17/h1-5H,7H2,(H,14,15)(H,16,17). The van der Waals surface area contributed by atoms with E-state index in [4.69, 9.17) is 14.8 Å². The molecule has 0 radical (unpaired) electrons. The zero-order valence-corrected chi connectivity index (χ0v) is 9.25. The highest BCUT2D eigenvalue weighted by atomic mass is 16.4. The number of aromatic carboxylic acids is 1. The van der Waals surface area contributed by atoms with Crippen molar-refractivity contribution in [1.29, 1.82) is 5.26 Å². The first kappa shape index (κ1) is 11.7. The Balaban J connectivity index is 2.02. The molecular formula is C12H9N3O3. The molecule has 0 unspecified atom stereocenters. The van der Waals surface area contributed by atoms with Crippen molar-refractivity contribution in [2.45, 2.75) is 6.54 Å². The number of carboxylic acids is 1. The fourth-order valence-corrected chi connectivity index (χ4v) is 1.36. The van der Waals surface area contributed by atoms with Gasteiger partial charge in [0.2, 0.25) is 5.76 Å². The summed E-state index contributed by atoms with van der Waals surface area (Å²) >= 11 is 0. The van der Waals surface area contributed by atoms with E-state index in [1.807, 2.05) is 6.07 Å². The number of anilines is 1. The molecule has 2 N–H and O–H groups in total. The Labute approximate surface area is 102 Å². The molecule has 2 rings (SSSR count).